The third-order valence-corrected chi connectivity index (χ3v) is 8.18. The van der Waals surface area contributed by atoms with E-state index in [0.29, 0.717) is 6.42 Å². The number of carbonyl (C=O) groups is 1. The molecule has 2 heteroatoms. The smallest absolute Gasteiger partial charge is 0.305 e. The number of methoxy groups -OCH3 is 1. The van der Waals surface area contributed by atoms with E-state index in [9.17, 15) is 4.79 Å². The summed E-state index contributed by atoms with van der Waals surface area (Å²) in [5, 5.41) is 0. The number of carbonyl (C=O) groups excluding carboxylic acids is 1. The Morgan fingerprint density at radius 1 is 0.808 bits per heavy atom. The highest BCUT2D eigenvalue weighted by molar-refractivity contribution is 5.69. The summed E-state index contributed by atoms with van der Waals surface area (Å²) in [7, 11) is 1.50. The van der Waals surface area contributed by atoms with Crippen LogP contribution in [-0.2, 0) is 9.53 Å². The zero-order chi connectivity index (χ0) is 18.4. The average Bonchev–Trinajstić information content (AvgIpc) is 2.72. The number of rotatable bonds is 6. The van der Waals surface area contributed by atoms with Gasteiger partial charge in [-0.3, -0.25) is 4.79 Å². The second-order valence-electron chi connectivity index (χ2n) is 9.48. The molecule has 148 valence electrons. The van der Waals surface area contributed by atoms with Crippen LogP contribution in [0.2, 0.25) is 0 Å². The summed E-state index contributed by atoms with van der Waals surface area (Å²) in [5.41, 5.74) is 0. The molecule has 2 nitrogen and oxygen atoms in total. The van der Waals surface area contributed by atoms with E-state index in [1.54, 1.807) is 0 Å². The molecular formula is C24H40O2. The summed E-state index contributed by atoms with van der Waals surface area (Å²) in [6, 6.07) is 0. The van der Waals surface area contributed by atoms with Crippen LogP contribution < -0.4 is 0 Å². The molecule has 0 heterocycles. The van der Waals surface area contributed by atoms with Crippen LogP contribution in [0.5, 0.6) is 0 Å². The Hall–Kier alpha value is -0.790. The van der Waals surface area contributed by atoms with Crippen LogP contribution in [0.25, 0.3) is 0 Å². The minimum Gasteiger partial charge on any atom is -0.469 e. The van der Waals surface area contributed by atoms with Gasteiger partial charge in [-0.05, 0) is 106 Å². The van der Waals surface area contributed by atoms with Gasteiger partial charge in [0.1, 0.15) is 0 Å². The van der Waals surface area contributed by atoms with Crippen LogP contribution in [0, 0.1) is 35.5 Å². The minimum absolute atomic E-state index is 0.0347. The number of allylic oxidation sites excluding steroid dienone is 1. The van der Waals surface area contributed by atoms with Gasteiger partial charge in [0.15, 0.2) is 0 Å². The van der Waals surface area contributed by atoms with Crippen LogP contribution in [0.15, 0.2) is 12.7 Å². The van der Waals surface area contributed by atoms with E-state index in [4.69, 9.17) is 4.74 Å². The standard InChI is InChI=1S/C24H40O2/c1-3-18-4-9-20(10-5-18)22-13-15-23(16-14-22)21-11-6-19(7-12-21)8-17-24(25)26-2/h3,18-23H,1,4-17H2,2H3/t18-,19?,20-,21?,22-,23-. The Balaban J connectivity index is 1.34. The molecule has 3 saturated carbocycles. The molecule has 0 aliphatic heterocycles. The molecule has 0 saturated heterocycles. The van der Waals surface area contributed by atoms with E-state index >= 15 is 0 Å². The zero-order valence-corrected chi connectivity index (χ0v) is 17.0. The molecule has 0 amide bonds. The molecular weight excluding hydrogens is 320 g/mol. The summed E-state index contributed by atoms with van der Waals surface area (Å²) in [5.74, 6) is 5.54. The van der Waals surface area contributed by atoms with E-state index in [2.05, 4.69) is 12.7 Å². The van der Waals surface area contributed by atoms with Gasteiger partial charge in [0.25, 0.3) is 0 Å². The van der Waals surface area contributed by atoms with E-state index in [1.807, 2.05) is 0 Å². The molecule has 0 bridgehead atoms. The van der Waals surface area contributed by atoms with Crippen LogP contribution in [0.1, 0.15) is 89.9 Å². The van der Waals surface area contributed by atoms with Gasteiger partial charge >= 0.3 is 5.97 Å². The van der Waals surface area contributed by atoms with Gasteiger partial charge in [-0.1, -0.05) is 18.9 Å². The summed E-state index contributed by atoms with van der Waals surface area (Å²) in [4.78, 5) is 11.3. The maximum Gasteiger partial charge on any atom is 0.305 e. The highest BCUT2D eigenvalue weighted by atomic mass is 16.5. The van der Waals surface area contributed by atoms with Crippen molar-refractivity contribution in [2.75, 3.05) is 7.11 Å². The van der Waals surface area contributed by atoms with Gasteiger partial charge in [0.2, 0.25) is 0 Å². The lowest BCUT2D eigenvalue weighted by Gasteiger charge is -2.41. The predicted octanol–water partition coefficient (Wildman–Crippen LogP) is 6.54. The molecule has 0 aromatic rings. The second kappa shape index (κ2) is 9.95. The van der Waals surface area contributed by atoms with E-state index < -0.39 is 0 Å². The molecule has 3 aliphatic rings. The largest absolute Gasteiger partial charge is 0.469 e. The minimum atomic E-state index is -0.0347. The molecule has 0 aromatic heterocycles. The van der Waals surface area contributed by atoms with Crippen LogP contribution in [-0.4, -0.2) is 13.1 Å². The van der Waals surface area contributed by atoms with Crippen molar-refractivity contribution < 1.29 is 9.53 Å². The Morgan fingerprint density at radius 3 is 1.65 bits per heavy atom. The van der Waals surface area contributed by atoms with Gasteiger partial charge in [-0.2, -0.15) is 0 Å². The number of ether oxygens (including phenoxy) is 1. The lowest BCUT2D eigenvalue weighted by Crippen LogP contribution is -2.29. The lowest BCUT2D eigenvalue weighted by molar-refractivity contribution is -0.141. The van der Waals surface area contributed by atoms with E-state index in [1.165, 1.54) is 84.2 Å². The van der Waals surface area contributed by atoms with Gasteiger partial charge in [0.05, 0.1) is 7.11 Å². The van der Waals surface area contributed by atoms with E-state index in [0.717, 1.165) is 41.9 Å². The predicted molar refractivity (Wildman–Crippen MR) is 108 cm³/mol. The SMILES string of the molecule is C=C[C@H]1CC[C@H]([C@H]2CC[C@H](C3CCC(CCC(=O)OC)CC3)CC2)CC1. The average molecular weight is 361 g/mol. The third kappa shape index (κ3) is 5.36. The van der Waals surface area contributed by atoms with Crippen molar-refractivity contribution >= 4 is 5.97 Å². The second-order valence-corrected chi connectivity index (χ2v) is 9.48. The first-order chi connectivity index (χ1) is 12.7. The molecule has 3 rings (SSSR count). The fraction of sp³-hybridized carbons (Fsp3) is 0.875. The first-order valence-corrected chi connectivity index (χ1v) is 11.4. The summed E-state index contributed by atoms with van der Waals surface area (Å²) >= 11 is 0. The first kappa shape index (κ1) is 20.0. The summed E-state index contributed by atoms with van der Waals surface area (Å²) in [6.07, 6.45) is 21.0. The molecule has 3 fully saturated rings. The Labute approximate surface area is 161 Å². The van der Waals surface area contributed by atoms with E-state index in [-0.39, 0.29) is 5.97 Å². The van der Waals surface area contributed by atoms with Gasteiger partial charge in [-0.15, -0.1) is 6.58 Å². The van der Waals surface area contributed by atoms with Gasteiger partial charge in [0, 0.05) is 6.42 Å². The van der Waals surface area contributed by atoms with Crippen molar-refractivity contribution in [2.45, 2.75) is 89.9 Å². The van der Waals surface area contributed by atoms with Crippen LogP contribution in [0.3, 0.4) is 0 Å². The highest BCUT2D eigenvalue weighted by Crippen LogP contribution is 2.46. The molecule has 26 heavy (non-hydrogen) atoms. The molecule has 0 unspecified atom stereocenters. The lowest BCUT2D eigenvalue weighted by atomic mass is 9.65. The molecule has 0 spiro atoms. The molecule has 0 aromatic carbocycles. The fourth-order valence-corrected chi connectivity index (χ4v) is 6.31. The van der Waals surface area contributed by atoms with Crippen molar-refractivity contribution in [2.24, 2.45) is 35.5 Å². The number of esters is 1. The van der Waals surface area contributed by atoms with Gasteiger partial charge in [-0.25, -0.2) is 0 Å². The first-order valence-electron chi connectivity index (χ1n) is 11.4. The maximum atomic E-state index is 11.3. The van der Waals surface area contributed by atoms with Gasteiger partial charge < -0.3 is 4.74 Å². The molecule has 0 radical (unpaired) electrons. The Kier molecular flexibility index (Phi) is 7.64. The van der Waals surface area contributed by atoms with Crippen LogP contribution >= 0.6 is 0 Å². The van der Waals surface area contributed by atoms with Crippen LogP contribution in [0.4, 0.5) is 0 Å². The van der Waals surface area contributed by atoms with Crippen molar-refractivity contribution in [3.05, 3.63) is 12.7 Å². The topological polar surface area (TPSA) is 26.3 Å². The zero-order valence-electron chi connectivity index (χ0n) is 17.0. The maximum absolute atomic E-state index is 11.3. The van der Waals surface area contributed by atoms with Crippen molar-refractivity contribution in [1.29, 1.82) is 0 Å². The quantitative estimate of drug-likeness (QED) is 0.397. The number of hydrogen-bond donors (Lipinski definition) is 0. The van der Waals surface area contributed by atoms with Crippen molar-refractivity contribution in [3.8, 4) is 0 Å². The fourth-order valence-electron chi connectivity index (χ4n) is 6.31. The highest BCUT2D eigenvalue weighted by Gasteiger charge is 2.34. The monoisotopic (exact) mass is 360 g/mol. The molecule has 0 N–H and O–H groups in total. The summed E-state index contributed by atoms with van der Waals surface area (Å²) < 4.78 is 4.79. The van der Waals surface area contributed by atoms with Crippen molar-refractivity contribution in [3.63, 3.8) is 0 Å². The number of hydrogen-bond acceptors (Lipinski definition) is 2. The van der Waals surface area contributed by atoms with Crippen molar-refractivity contribution in [1.82, 2.24) is 0 Å². The normalized spacial score (nSPS) is 38.5. The summed E-state index contributed by atoms with van der Waals surface area (Å²) in [6.45, 7) is 3.99. The Bertz CT molecular complexity index is 433. The molecule has 0 atom stereocenters. The third-order valence-electron chi connectivity index (χ3n) is 8.18. The molecule has 3 aliphatic carbocycles. The Morgan fingerprint density at radius 2 is 1.23 bits per heavy atom.